The smallest absolute Gasteiger partial charge is 0.321 e. The van der Waals surface area contributed by atoms with Crippen molar-refractivity contribution in [3.05, 3.63) is 54.1 Å². The van der Waals surface area contributed by atoms with Crippen molar-refractivity contribution in [3.8, 4) is 11.5 Å². The Bertz CT molecular complexity index is 757. The zero-order chi connectivity index (χ0) is 19.8. The molecule has 1 atom stereocenters. The third-order valence-corrected chi connectivity index (χ3v) is 4.64. The molecule has 6 heteroatoms. The number of hydrogen-bond acceptors (Lipinski definition) is 4. The van der Waals surface area contributed by atoms with Gasteiger partial charge in [-0.2, -0.15) is 0 Å². The zero-order valence-electron chi connectivity index (χ0n) is 16.5. The highest BCUT2D eigenvalue weighted by Gasteiger charge is 2.17. The van der Waals surface area contributed by atoms with E-state index in [0.29, 0.717) is 31.2 Å². The summed E-state index contributed by atoms with van der Waals surface area (Å²) in [6.07, 6.45) is 2.21. The molecule has 1 heterocycles. The summed E-state index contributed by atoms with van der Waals surface area (Å²) in [6, 6.07) is 15.1. The molecule has 1 aliphatic heterocycles. The van der Waals surface area contributed by atoms with Crippen LogP contribution in [-0.2, 0) is 4.74 Å². The van der Waals surface area contributed by atoms with Crippen molar-refractivity contribution in [1.82, 2.24) is 4.90 Å². The lowest BCUT2D eigenvalue weighted by atomic mass is 10.2. The molecule has 150 valence electrons. The number of hydrogen-bond donors (Lipinski definition) is 1. The van der Waals surface area contributed by atoms with Crippen LogP contribution in [0.2, 0.25) is 0 Å². The van der Waals surface area contributed by atoms with Gasteiger partial charge in [0.1, 0.15) is 24.7 Å². The standard InChI is InChI=1S/C22H28N2O4/c1-17-9-11-18(12-10-17)27-15-13-24(2)22(25)23-20-7-3-4-8-21(20)28-16-19-6-5-14-26-19/h3-4,7-12,19H,5-6,13-16H2,1-2H3,(H,23,25)/t19-/m0/s1. The number of amides is 2. The number of urea groups is 1. The van der Waals surface area contributed by atoms with Gasteiger partial charge in [0.25, 0.3) is 0 Å². The summed E-state index contributed by atoms with van der Waals surface area (Å²) in [6.45, 7) is 4.21. The largest absolute Gasteiger partial charge is 0.492 e. The van der Waals surface area contributed by atoms with E-state index in [-0.39, 0.29) is 12.1 Å². The Morgan fingerprint density at radius 3 is 2.71 bits per heavy atom. The van der Waals surface area contributed by atoms with E-state index in [4.69, 9.17) is 14.2 Å². The summed E-state index contributed by atoms with van der Waals surface area (Å²) < 4.78 is 17.1. The molecule has 1 N–H and O–H groups in total. The summed E-state index contributed by atoms with van der Waals surface area (Å²) in [4.78, 5) is 14.1. The number of carbonyl (C=O) groups is 1. The van der Waals surface area contributed by atoms with Gasteiger partial charge in [-0.25, -0.2) is 4.79 Å². The van der Waals surface area contributed by atoms with Gasteiger partial charge in [0.15, 0.2) is 0 Å². The molecular formula is C22H28N2O4. The second-order valence-electron chi connectivity index (χ2n) is 6.96. The molecule has 2 aromatic carbocycles. The topological polar surface area (TPSA) is 60.0 Å². The highest BCUT2D eigenvalue weighted by molar-refractivity contribution is 5.90. The predicted molar refractivity (Wildman–Crippen MR) is 109 cm³/mol. The Hall–Kier alpha value is -2.73. The van der Waals surface area contributed by atoms with Crippen LogP contribution in [0, 0.1) is 6.92 Å². The molecule has 1 saturated heterocycles. The van der Waals surface area contributed by atoms with E-state index in [1.165, 1.54) is 5.56 Å². The van der Waals surface area contributed by atoms with Gasteiger partial charge in [-0.15, -0.1) is 0 Å². The second kappa shape index (κ2) is 9.99. The minimum atomic E-state index is -0.208. The van der Waals surface area contributed by atoms with Gasteiger partial charge >= 0.3 is 6.03 Å². The molecule has 1 fully saturated rings. The van der Waals surface area contributed by atoms with Crippen LogP contribution in [-0.4, -0.2) is 50.4 Å². The van der Waals surface area contributed by atoms with Crippen molar-refractivity contribution in [2.24, 2.45) is 0 Å². The molecule has 1 aliphatic rings. The van der Waals surface area contributed by atoms with Crippen LogP contribution in [0.15, 0.2) is 48.5 Å². The van der Waals surface area contributed by atoms with Gasteiger partial charge in [0.2, 0.25) is 0 Å². The molecule has 0 aliphatic carbocycles. The van der Waals surface area contributed by atoms with Crippen LogP contribution in [0.1, 0.15) is 18.4 Å². The van der Waals surface area contributed by atoms with Crippen molar-refractivity contribution in [1.29, 1.82) is 0 Å². The quantitative estimate of drug-likeness (QED) is 0.745. The van der Waals surface area contributed by atoms with Crippen LogP contribution in [0.3, 0.4) is 0 Å². The summed E-state index contributed by atoms with van der Waals surface area (Å²) in [5.74, 6) is 1.45. The molecule has 0 bridgehead atoms. The first kappa shape index (κ1) is 20.0. The lowest BCUT2D eigenvalue weighted by Crippen LogP contribution is -2.34. The molecule has 0 aromatic heterocycles. The fourth-order valence-electron chi connectivity index (χ4n) is 2.90. The van der Waals surface area contributed by atoms with Crippen molar-refractivity contribution < 1.29 is 19.0 Å². The first-order chi connectivity index (χ1) is 13.6. The molecule has 28 heavy (non-hydrogen) atoms. The Labute approximate surface area is 166 Å². The van der Waals surface area contributed by atoms with Gasteiger partial charge in [-0.3, -0.25) is 0 Å². The van der Waals surface area contributed by atoms with E-state index in [0.717, 1.165) is 25.2 Å². The van der Waals surface area contributed by atoms with E-state index >= 15 is 0 Å². The van der Waals surface area contributed by atoms with Crippen LogP contribution in [0.25, 0.3) is 0 Å². The minimum absolute atomic E-state index is 0.130. The Balaban J connectivity index is 1.47. The Kier molecular flexibility index (Phi) is 7.14. The molecular weight excluding hydrogens is 356 g/mol. The lowest BCUT2D eigenvalue weighted by molar-refractivity contribution is 0.0682. The summed E-state index contributed by atoms with van der Waals surface area (Å²) in [5.41, 5.74) is 1.83. The van der Waals surface area contributed by atoms with Gasteiger partial charge in [-0.1, -0.05) is 29.8 Å². The number of likely N-dealkylation sites (N-methyl/N-ethyl adjacent to an activating group) is 1. The number of aryl methyl sites for hydroxylation is 1. The van der Waals surface area contributed by atoms with Crippen molar-refractivity contribution in [3.63, 3.8) is 0 Å². The Morgan fingerprint density at radius 2 is 1.96 bits per heavy atom. The molecule has 0 radical (unpaired) electrons. The van der Waals surface area contributed by atoms with Gasteiger partial charge in [0, 0.05) is 13.7 Å². The summed E-state index contributed by atoms with van der Waals surface area (Å²) in [7, 11) is 1.74. The number of nitrogens with one attached hydrogen (secondary N) is 1. The van der Waals surface area contributed by atoms with Gasteiger partial charge in [0.05, 0.1) is 18.3 Å². The second-order valence-corrected chi connectivity index (χ2v) is 6.96. The number of anilines is 1. The van der Waals surface area contributed by atoms with Crippen LogP contribution in [0.4, 0.5) is 10.5 Å². The third-order valence-electron chi connectivity index (χ3n) is 4.64. The number of rotatable bonds is 8. The molecule has 0 spiro atoms. The first-order valence-corrected chi connectivity index (χ1v) is 9.67. The maximum absolute atomic E-state index is 12.5. The van der Waals surface area contributed by atoms with Crippen molar-refractivity contribution >= 4 is 11.7 Å². The molecule has 0 unspecified atom stereocenters. The van der Waals surface area contributed by atoms with Crippen LogP contribution in [0.5, 0.6) is 11.5 Å². The predicted octanol–water partition coefficient (Wildman–Crippen LogP) is 4.10. The fraction of sp³-hybridized carbons (Fsp3) is 0.409. The van der Waals surface area contributed by atoms with Crippen LogP contribution >= 0.6 is 0 Å². The summed E-state index contributed by atoms with van der Waals surface area (Å²) in [5, 5.41) is 2.91. The monoisotopic (exact) mass is 384 g/mol. The number of para-hydroxylation sites is 2. The van der Waals surface area contributed by atoms with E-state index < -0.39 is 0 Å². The van der Waals surface area contributed by atoms with Crippen LogP contribution < -0.4 is 14.8 Å². The SMILES string of the molecule is Cc1ccc(OCCN(C)C(=O)Nc2ccccc2OC[C@@H]2CCCO2)cc1. The molecule has 2 amide bonds. The van der Waals surface area contributed by atoms with E-state index in [1.54, 1.807) is 11.9 Å². The normalized spacial score (nSPS) is 15.9. The highest BCUT2D eigenvalue weighted by atomic mass is 16.5. The lowest BCUT2D eigenvalue weighted by Gasteiger charge is -2.20. The molecule has 2 aromatic rings. The molecule has 6 nitrogen and oxygen atoms in total. The summed E-state index contributed by atoms with van der Waals surface area (Å²) >= 11 is 0. The average Bonchev–Trinajstić information content (AvgIpc) is 3.22. The highest BCUT2D eigenvalue weighted by Crippen LogP contribution is 2.25. The number of benzene rings is 2. The maximum Gasteiger partial charge on any atom is 0.321 e. The van der Waals surface area contributed by atoms with E-state index in [2.05, 4.69) is 5.32 Å². The van der Waals surface area contributed by atoms with E-state index in [1.807, 2.05) is 55.5 Å². The van der Waals surface area contributed by atoms with Crippen molar-refractivity contribution in [2.45, 2.75) is 25.9 Å². The van der Waals surface area contributed by atoms with Gasteiger partial charge in [-0.05, 0) is 44.0 Å². The minimum Gasteiger partial charge on any atom is -0.492 e. The van der Waals surface area contributed by atoms with Gasteiger partial charge < -0.3 is 24.4 Å². The number of carbonyl (C=O) groups excluding carboxylic acids is 1. The number of nitrogens with zero attached hydrogens (tertiary/aromatic N) is 1. The zero-order valence-corrected chi connectivity index (χ0v) is 16.5. The van der Waals surface area contributed by atoms with E-state index in [9.17, 15) is 4.79 Å². The Morgan fingerprint density at radius 1 is 1.18 bits per heavy atom. The third kappa shape index (κ3) is 5.89. The van der Waals surface area contributed by atoms with Crippen molar-refractivity contribution in [2.75, 3.05) is 38.7 Å². The average molecular weight is 384 g/mol. The number of ether oxygens (including phenoxy) is 3. The maximum atomic E-state index is 12.5. The first-order valence-electron chi connectivity index (χ1n) is 9.67. The molecule has 3 rings (SSSR count). The molecule has 0 saturated carbocycles. The fourth-order valence-corrected chi connectivity index (χ4v) is 2.90.